The molecule has 0 spiro atoms. The molecule has 1 atom stereocenters. The highest BCUT2D eigenvalue weighted by molar-refractivity contribution is 5.80. The van der Waals surface area contributed by atoms with Gasteiger partial charge < -0.3 is 21.1 Å². The first-order valence-corrected chi connectivity index (χ1v) is 5.95. The summed E-state index contributed by atoms with van der Waals surface area (Å²) >= 11 is 0. The Morgan fingerprint density at radius 1 is 1.56 bits per heavy atom. The van der Waals surface area contributed by atoms with Crippen LogP contribution >= 0.6 is 0 Å². The normalized spacial score (nSPS) is 18.9. The van der Waals surface area contributed by atoms with Gasteiger partial charge in [-0.3, -0.25) is 0 Å². The molecule has 2 rings (SSSR count). The van der Waals surface area contributed by atoms with Gasteiger partial charge in [-0.1, -0.05) is 0 Å². The van der Waals surface area contributed by atoms with E-state index in [2.05, 4.69) is 9.97 Å². The average Bonchev–Trinajstić information content (AvgIpc) is 2.76. The maximum absolute atomic E-state index is 11.8. The van der Waals surface area contributed by atoms with E-state index >= 15 is 0 Å². The lowest BCUT2D eigenvalue weighted by molar-refractivity contribution is -0.144. The Morgan fingerprint density at radius 2 is 2.33 bits per heavy atom. The van der Waals surface area contributed by atoms with E-state index in [1.807, 2.05) is 4.90 Å². The van der Waals surface area contributed by atoms with E-state index in [1.165, 1.54) is 0 Å². The quantitative estimate of drug-likeness (QED) is 0.737. The monoisotopic (exact) mass is 251 g/mol. The van der Waals surface area contributed by atoms with Crippen LogP contribution in [0.1, 0.15) is 19.8 Å². The largest absolute Gasteiger partial charge is 0.464 e. The third-order valence-electron chi connectivity index (χ3n) is 2.86. The van der Waals surface area contributed by atoms with Gasteiger partial charge in [0.2, 0.25) is 5.95 Å². The van der Waals surface area contributed by atoms with Crippen molar-refractivity contribution in [2.75, 3.05) is 29.5 Å². The van der Waals surface area contributed by atoms with E-state index in [-0.39, 0.29) is 18.0 Å². The second-order valence-corrected chi connectivity index (χ2v) is 4.11. The first kappa shape index (κ1) is 12.4. The number of hydrogen-bond acceptors (Lipinski definition) is 7. The van der Waals surface area contributed by atoms with Crippen LogP contribution in [0, 0.1) is 0 Å². The molecule has 0 amide bonds. The minimum atomic E-state index is -0.307. The van der Waals surface area contributed by atoms with Crippen LogP contribution in [0.4, 0.5) is 17.6 Å². The molecule has 4 N–H and O–H groups in total. The smallest absolute Gasteiger partial charge is 0.328 e. The highest BCUT2D eigenvalue weighted by Gasteiger charge is 2.33. The molecular weight excluding hydrogens is 234 g/mol. The number of hydrogen-bond donors (Lipinski definition) is 2. The number of esters is 1. The van der Waals surface area contributed by atoms with E-state index in [1.54, 1.807) is 13.0 Å². The predicted molar refractivity (Wildman–Crippen MR) is 67.9 cm³/mol. The zero-order chi connectivity index (χ0) is 13.1. The predicted octanol–water partition coefficient (Wildman–Crippen LogP) is 0.173. The van der Waals surface area contributed by atoms with Gasteiger partial charge in [0.05, 0.1) is 6.61 Å². The minimum absolute atomic E-state index is 0.111. The van der Waals surface area contributed by atoms with Crippen molar-refractivity contribution in [3.8, 4) is 0 Å². The molecule has 1 aliphatic heterocycles. The Bertz CT molecular complexity index is 431. The fraction of sp³-hybridized carbons (Fsp3) is 0.545. The summed E-state index contributed by atoms with van der Waals surface area (Å²) in [6.07, 6.45) is 1.66. The number of nitrogens with two attached hydrogens (primary N) is 2. The molecule has 7 heteroatoms. The zero-order valence-electron chi connectivity index (χ0n) is 10.3. The Hall–Kier alpha value is -2.05. The lowest BCUT2D eigenvalue weighted by Gasteiger charge is -2.24. The van der Waals surface area contributed by atoms with Crippen molar-refractivity contribution in [3.63, 3.8) is 0 Å². The summed E-state index contributed by atoms with van der Waals surface area (Å²) in [6.45, 7) is 2.90. The molecule has 1 fully saturated rings. The molecule has 1 aromatic heterocycles. The number of carbonyl (C=O) groups is 1. The van der Waals surface area contributed by atoms with Crippen LogP contribution in [0.5, 0.6) is 0 Å². The molecule has 1 aliphatic rings. The lowest BCUT2D eigenvalue weighted by Crippen LogP contribution is -2.38. The van der Waals surface area contributed by atoms with E-state index < -0.39 is 0 Å². The molecular formula is C11H17N5O2. The number of rotatable bonds is 3. The van der Waals surface area contributed by atoms with Crippen LogP contribution in [0.3, 0.4) is 0 Å². The van der Waals surface area contributed by atoms with Gasteiger partial charge in [-0.15, -0.1) is 0 Å². The van der Waals surface area contributed by atoms with Crippen molar-refractivity contribution in [1.29, 1.82) is 0 Å². The molecule has 7 nitrogen and oxygen atoms in total. The topological polar surface area (TPSA) is 107 Å². The molecule has 1 saturated heterocycles. The average molecular weight is 251 g/mol. The van der Waals surface area contributed by atoms with Gasteiger partial charge in [0.1, 0.15) is 17.7 Å². The molecule has 1 unspecified atom stereocenters. The van der Waals surface area contributed by atoms with Crippen LogP contribution in [0.15, 0.2) is 6.07 Å². The van der Waals surface area contributed by atoms with Gasteiger partial charge in [-0.25, -0.2) is 4.79 Å². The third-order valence-corrected chi connectivity index (χ3v) is 2.86. The number of nitrogen functional groups attached to an aromatic ring is 2. The Labute approximate surface area is 105 Å². The molecule has 18 heavy (non-hydrogen) atoms. The van der Waals surface area contributed by atoms with Crippen LogP contribution < -0.4 is 16.4 Å². The first-order valence-electron chi connectivity index (χ1n) is 5.95. The van der Waals surface area contributed by atoms with E-state index in [0.29, 0.717) is 18.2 Å². The van der Waals surface area contributed by atoms with E-state index in [0.717, 1.165) is 19.4 Å². The maximum atomic E-state index is 11.8. The van der Waals surface area contributed by atoms with Gasteiger partial charge in [-0.2, -0.15) is 9.97 Å². The Kier molecular flexibility index (Phi) is 3.50. The fourth-order valence-electron chi connectivity index (χ4n) is 2.14. The van der Waals surface area contributed by atoms with Crippen molar-refractivity contribution in [2.45, 2.75) is 25.8 Å². The number of ether oxygens (including phenoxy) is 1. The molecule has 1 aromatic rings. The van der Waals surface area contributed by atoms with Crippen molar-refractivity contribution in [3.05, 3.63) is 6.07 Å². The molecule has 2 heterocycles. The summed E-state index contributed by atoms with van der Waals surface area (Å²) in [5.41, 5.74) is 11.2. The Balaban J connectivity index is 2.23. The second-order valence-electron chi connectivity index (χ2n) is 4.11. The van der Waals surface area contributed by atoms with Gasteiger partial charge in [0, 0.05) is 12.6 Å². The summed E-state index contributed by atoms with van der Waals surface area (Å²) in [7, 11) is 0. The second kappa shape index (κ2) is 5.07. The number of anilines is 3. The highest BCUT2D eigenvalue weighted by Crippen LogP contribution is 2.26. The maximum Gasteiger partial charge on any atom is 0.328 e. The summed E-state index contributed by atoms with van der Waals surface area (Å²) < 4.78 is 5.05. The number of carbonyl (C=O) groups excluding carboxylic acids is 1. The van der Waals surface area contributed by atoms with Crippen LogP contribution in [0.25, 0.3) is 0 Å². The van der Waals surface area contributed by atoms with Crippen molar-refractivity contribution in [2.24, 2.45) is 0 Å². The summed E-state index contributed by atoms with van der Waals surface area (Å²) in [4.78, 5) is 21.6. The first-order chi connectivity index (χ1) is 8.61. The SMILES string of the molecule is CCOC(=O)C1CCCN1c1cc(N)nc(N)n1. The molecule has 0 aromatic carbocycles. The lowest BCUT2D eigenvalue weighted by atomic mass is 10.2. The molecule has 98 valence electrons. The summed E-state index contributed by atoms with van der Waals surface area (Å²) in [5, 5.41) is 0. The van der Waals surface area contributed by atoms with E-state index in [9.17, 15) is 4.79 Å². The Morgan fingerprint density at radius 3 is 3.00 bits per heavy atom. The molecule has 0 bridgehead atoms. The minimum Gasteiger partial charge on any atom is -0.464 e. The highest BCUT2D eigenvalue weighted by atomic mass is 16.5. The van der Waals surface area contributed by atoms with Crippen LogP contribution in [0.2, 0.25) is 0 Å². The van der Waals surface area contributed by atoms with Gasteiger partial charge >= 0.3 is 5.97 Å². The number of nitrogens with zero attached hydrogens (tertiary/aromatic N) is 3. The standard InChI is InChI=1S/C11H17N5O2/c1-2-18-10(17)7-4-3-5-16(7)9-6-8(12)14-11(13)15-9/h6-7H,2-5H2,1H3,(H4,12,13,14,15). The van der Waals surface area contributed by atoms with Crippen molar-refractivity contribution < 1.29 is 9.53 Å². The van der Waals surface area contributed by atoms with Gasteiger partial charge in [-0.05, 0) is 19.8 Å². The fourth-order valence-corrected chi connectivity index (χ4v) is 2.14. The summed E-state index contributed by atoms with van der Waals surface area (Å²) in [5.74, 6) is 0.757. The van der Waals surface area contributed by atoms with Crippen LogP contribution in [-0.2, 0) is 9.53 Å². The molecule has 0 saturated carbocycles. The van der Waals surface area contributed by atoms with Crippen LogP contribution in [-0.4, -0.2) is 35.1 Å². The van der Waals surface area contributed by atoms with Crippen molar-refractivity contribution in [1.82, 2.24) is 9.97 Å². The zero-order valence-corrected chi connectivity index (χ0v) is 10.3. The van der Waals surface area contributed by atoms with Crippen molar-refractivity contribution >= 4 is 23.6 Å². The van der Waals surface area contributed by atoms with Gasteiger partial charge in [0.15, 0.2) is 0 Å². The third kappa shape index (κ3) is 2.44. The molecule has 0 aliphatic carbocycles. The van der Waals surface area contributed by atoms with E-state index in [4.69, 9.17) is 16.2 Å². The molecule has 0 radical (unpaired) electrons. The number of aromatic nitrogens is 2. The summed E-state index contributed by atoms with van der Waals surface area (Å²) in [6, 6.07) is 1.31. The van der Waals surface area contributed by atoms with Gasteiger partial charge in [0.25, 0.3) is 0 Å².